The normalized spacial score (nSPS) is 24.7. The first-order chi connectivity index (χ1) is 16.5. The van der Waals surface area contributed by atoms with E-state index in [0.29, 0.717) is 36.8 Å². The molecule has 2 aromatic carbocycles. The maximum absolute atomic E-state index is 13.0. The Morgan fingerprint density at radius 2 is 1.76 bits per heavy atom. The Morgan fingerprint density at radius 1 is 1.06 bits per heavy atom. The second kappa shape index (κ2) is 10.7. The van der Waals surface area contributed by atoms with Gasteiger partial charge in [-0.25, -0.2) is 0 Å². The summed E-state index contributed by atoms with van der Waals surface area (Å²) < 4.78 is 16.7. The molecule has 34 heavy (non-hydrogen) atoms. The number of methoxy groups -OCH3 is 3. The molecule has 2 N–H and O–H groups in total. The monoisotopic (exact) mass is 468 g/mol. The number of hydrogen-bond acceptors (Lipinski definition) is 6. The van der Waals surface area contributed by atoms with E-state index in [9.17, 15) is 9.90 Å². The topological polar surface area (TPSA) is 80.3 Å². The van der Waals surface area contributed by atoms with Crippen molar-refractivity contribution in [3.63, 3.8) is 0 Å². The zero-order valence-electron chi connectivity index (χ0n) is 20.4. The summed E-state index contributed by atoms with van der Waals surface area (Å²) in [6, 6.07) is 13.7. The molecule has 7 nitrogen and oxygen atoms in total. The Labute approximate surface area is 202 Å². The third-order valence-electron chi connectivity index (χ3n) is 7.38. The number of hydrogen-bond donors (Lipinski definition) is 2. The molecule has 0 aromatic heterocycles. The number of aliphatic hydroxyl groups is 1. The van der Waals surface area contributed by atoms with Crippen LogP contribution in [0.2, 0.25) is 0 Å². The number of carbonyl (C=O) groups is 1. The Kier molecular flexibility index (Phi) is 7.63. The standard InChI is InChI=1S/C27H36N2O5/c1-32-22-15-20(16-23(33-2)26(22)34-3)25-21-11-7-8-12-27(21,31)13-14-29(25)18-24(30)28-17-19-9-5-4-6-10-19/h4-6,9-10,15-16,21,25,31H,7-8,11-14,17-18H2,1-3H3,(H,28,30)/t21-,25-,27+/m0/s1. The number of ether oxygens (including phenoxy) is 3. The highest BCUT2D eigenvalue weighted by Crippen LogP contribution is 2.51. The van der Waals surface area contributed by atoms with Gasteiger partial charge in [0.25, 0.3) is 0 Å². The quantitative estimate of drug-likeness (QED) is 0.615. The minimum Gasteiger partial charge on any atom is -0.493 e. The van der Waals surface area contributed by atoms with Crippen LogP contribution in [0.5, 0.6) is 17.2 Å². The Bertz CT molecular complexity index is 957. The average molecular weight is 469 g/mol. The first-order valence-corrected chi connectivity index (χ1v) is 12.1. The average Bonchev–Trinajstić information content (AvgIpc) is 2.87. The Balaban J connectivity index is 1.62. The number of fused-ring (bicyclic) bond motifs is 1. The smallest absolute Gasteiger partial charge is 0.234 e. The number of rotatable bonds is 8. The molecule has 4 rings (SSSR count). The van der Waals surface area contributed by atoms with Crippen molar-refractivity contribution in [2.75, 3.05) is 34.4 Å². The van der Waals surface area contributed by atoms with Gasteiger partial charge in [-0.3, -0.25) is 9.69 Å². The van der Waals surface area contributed by atoms with Crippen LogP contribution in [0.3, 0.4) is 0 Å². The van der Waals surface area contributed by atoms with Crippen molar-refractivity contribution >= 4 is 5.91 Å². The van der Waals surface area contributed by atoms with Crippen molar-refractivity contribution in [1.82, 2.24) is 10.2 Å². The minimum absolute atomic E-state index is 0.0254. The lowest BCUT2D eigenvalue weighted by atomic mass is 9.66. The highest BCUT2D eigenvalue weighted by atomic mass is 16.5. The number of likely N-dealkylation sites (tertiary alicyclic amines) is 1. The molecule has 184 valence electrons. The van der Waals surface area contributed by atoms with Gasteiger partial charge in [0.15, 0.2) is 11.5 Å². The number of benzene rings is 2. The molecule has 1 saturated heterocycles. The van der Waals surface area contributed by atoms with Gasteiger partial charge in [0.2, 0.25) is 11.7 Å². The number of nitrogens with one attached hydrogen (secondary N) is 1. The molecule has 3 atom stereocenters. The first-order valence-electron chi connectivity index (χ1n) is 12.1. The summed E-state index contributed by atoms with van der Waals surface area (Å²) in [5, 5.41) is 14.6. The fourth-order valence-corrected chi connectivity index (χ4v) is 5.67. The molecule has 1 aliphatic carbocycles. The molecule has 1 aliphatic heterocycles. The molecule has 2 fully saturated rings. The molecule has 0 unspecified atom stereocenters. The van der Waals surface area contributed by atoms with Gasteiger partial charge in [0, 0.05) is 25.0 Å². The van der Waals surface area contributed by atoms with Crippen LogP contribution in [0.1, 0.15) is 49.3 Å². The Hall–Kier alpha value is -2.77. The molecule has 2 aromatic rings. The van der Waals surface area contributed by atoms with Gasteiger partial charge in [-0.05, 0) is 42.5 Å². The van der Waals surface area contributed by atoms with E-state index in [4.69, 9.17) is 14.2 Å². The number of carbonyl (C=O) groups excluding carboxylic acids is 1. The third kappa shape index (κ3) is 5.00. The predicted molar refractivity (Wildman–Crippen MR) is 130 cm³/mol. The van der Waals surface area contributed by atoms with Crippen molar-refractivity contribution in [2.45, 2.75) is 50.3 Å². The molecule has 1 amide bonds. The van der Waals surface area contributed by atoms with Crippen molar-refractivity contribution in [2.24, 2.45) is 5.92 Å². The van der Waals surface area contributed by atoms with E-state index in [2.05, 4.69) is 10.2 Å². The molecule has 2 aliphatic rings. The summed E-state index contributed by atoms with van der Waals surface area (Å²) in [5.74, 6) is 1.70. The lowest BCUT2D eigenvalue weighted by Crippen LogP contribution is -2.56. The highest BCUT2D eigenvalue weighted by molar-refractivity contribution is 5.78. The maximum atomic E-state index is 13.0. The number of piperidine rings is 1. The molecule has 0 bridgehead atoms. The van der Waals surface area contributed by atoms with E-state index in [-0.39, 0.29) is 24.4 Å². The zero-order chi connectivity index (χ0) is 24.1. The van der Waals surface area contributed by atoms with Crippen molar-refractivity contribution < 1.29 is 24.1 Å². The fraction of sp³-hybridized carbons (Fsp3) is 0.519. The van der Waals surface area contributed by atoms with Gasteiger partial charge >= 0.3 is 0 Å². The molecule has 7 heteroatoms. The first kappa shape index (κ1) is 24.4. The second-order valence-electron chi connectivity index (χ2n) is 9.34. The van der Waals surface area contributed by atoms with Gasteiger partial charge in [-0.1, -0.05) is 43.2 Å². The fourth-order valence-electron chi connectivity index (χ4n) is 5.67. The van der Waals surface area contributed by atoms with Crippen LogP contribution in [0.4, 0.5) is 0 Å². The van der Waals surface area contributed by atoms with Crippen molar-refractivity contribution in [3.05, 3.63) is 53.6 Å². The summed E-state index contributed by atoms with van der Waals surface area (Å²) in [6.45, 7) is 1.41. The summed E-state index contributed by atoms with van der Waals surface area (Å²) in [4.78, 5) is 15.2. The summed E-state index contributed by atoms with van der Waals surface area (Å²) in [5.41, 5.74) is 1.31. The van der Waals surface area contributed by atoms with Crippen LogP contribution in [0, 0.1) is 5.92 Å². The van der Waals surface area contributed by atoms with E-state index in [1.165, 1.54) is 0 Å². The third-order valence-corrected chi connectivity index (χ3v) is 7.38. The van der Waals surface area contributed by atoms with Crippen LogP contribution in [-0.4, -0.2) is 55.9 Å². The van der Waals surface area contributed by atoms with Crippen LogP contribution in [0.25, 0.3) is 0 Å². The molecule has 1 saturated carbocycles. The molecule has 0 radical (unpaired) electrons. The lowest BCUT2D eigenvalue weighted by molar-refractivity contribution is -0.138. The predicted octanol–water partition coefficient (Wildman–Crippen LogP) is 3.70. The van der Waals surface area contributed by atoms with Crippen LogP contribution in [-0.2, 0) is 11.3 Å². The van der Waals surface area contributed by atoms with E-state index < -0.39 is 5.60 Å². The summed E-state index contributed by atoms with van der Waals surface area (Å²) in [6.07, 6.45) is 4.49. The molecular formula is C27H36N2O5. The summed E-state index contributed by atoms with van der Waals surface area (Å²) >= 11 is 0. The summed E-state index contributed by atoms with van der Waals surface area (Å²) in [7, 11) is 4.80. The van der Waals surface area contributed by atoms with Crippen molar-refractivity contribution in [1.29, 1.82) is 0 Å². The van der Waals surface area contributed by atoms with E-state index in [0.717, 1.165) is 36.8 Å². The molecule has 1 heterocycles. The van der Waals surface area contributed by atoms with E-state index in [1.807, 2.05) is 42.5 Å². The van der Waals surface area contributed by atoms with E-state index in [1.54, 1.807) is 21.3 Å². The maximum Gasteiger partial charge on any atom is 0.234 e. The number of amides is 1. The SMILES string of the molecule is COc1cc([C@H]2[C@@H]3CCCC[C@@]3(O)CCN2CC(=O)NCc2ccccc2)cc(OC)c1OC. The van der Waals surface area contributed by atoms with Crippen LogP contribution < -0.4 is 19.5 Å². The minimum atomic E-state index is -0.722. The lowest BCUT2D eigenvalue weighted by Gasteiger charge is -2.52. The highest BCUT2D eigenvalue weighted by Gasteiger charge is 2.49. The van der Waals surface area contributed by atoms with Gasteiger partial charge in [-0.2, -0.15) is 0 Å². The van der Waals surface area contributed by atoms with Crippen LogP contribution >= 0.6 is 0 Å². The number of nitrogens with zero attached hydrogens (tertiary/aromatic N) is 1. The second-order valence-corrected chi connectivity index (χ2v) is 9.34. The van der Waals surface area contributed by atoms with Gasteiger partial charge in [0.05, 0.1) is 33.5 Å². The largest absolute Gasteiger partial charge is 0.493 e. The molecule has 0 spiro atoms. The van der Waals surface area contributed by atoms with Crippen LogP contribution in [0.15, 0.2) is 42.5 Å². The molecular weight excluding hydrogens is 432 g/mol. The van der Waals surface area contributed by atoms with Crippen molar-refractivity contribution in [3.8, 4) is 17.2 Å². The van der Waals surface area contributed by atoms with Gasteiger partial charge in [-0.15, -0.1) is 0 Å². The van der Waals surface area contributed by atoms with E-state index >= 15 is 0 Å². The Morgan fingerprint density at radius 3 is 2.41 bits per heavy atom. The zero-order valence-corrected chi connectivity index (χ0v) is 20.4. The van der Waals surface area contributed by atoms with Gasteiger partial charge in [0.1, 0.15) is 0 Å². The van der Waals surface area contributed by atoms with Gasteiger partial charge < -0.3 is 24.6 Å².